The van der Waals surface area contributed by atoms with Crippen LogP contribution in [0.25, 0.3) is 0 Å². The number of benzene rings is 1. The Balaban J connectivity index is 3.57. The quantitative estimate of drug-likeness (QED) is 0.428. The van der Waals surface area contributed by atoms with Crippen molar-refractivity contribution in [3.05, 3.63) is 35.9 Å². The average molecular weight is 366 g/mol. The van der Waals surface area contributed by atoms with Crippen LogP contribution in [-0.2, 0) is 0 Å². The lowest BCUT2D eigenvalue weighted by Gasteiger charge is -2.34. The van der Waals surface area contributed by atoms with Crippen molar-refractivity contribution in [1.82, 2.24) is 5.01 Å². The minimum absolute atomic E-state index is 0.581. The summed E-state index contributed by atoms with van der Waals surface area (Å²) in [6, 6.07) is 5.18. The zero-order valence-electron chi connectivity index (χ0n) is 12.2. The first-order valence-corrected chi connectivity index (χ1v) is 6.18. The Morgan fingerprint density at radius 3 is 1.62 bits per heavy atom. The van der Waals surface area contributed by atoms with Crippen molar-refractivity contribution < 1.29 is 39.5 Å². The van der Waals surface area contributed by atoms with Crippen LogP contribution in [0.3, 0.4) is 0 Å². The van der Waals surface area contributed by atoms with Crippen molar-refractivity contribution in [3.63, 3.8) is 0 Å². The van der Waals surface area contributed by atoms with Gasteiger partial charge in [0.15, 0.2) is 0 Å². The predicted octanol–water partition coefficient (Wildman–Crippen LogP) is 4.42. The lowest BCUT2D eigenvalue weighted by atomic mass is 9.95. The molecule has 0 aromatic heterocycles. The van der Waals surface area contributed by atoms with Crippen LogP contribution in [0, 0.1) is 0 Å². The van der Waals surface area contributed by atoms with Crippen molar-refractivity contribution in [3.8, 4) is 0 Å². The highest BCUT2D eigenvalue weighted by atomic mass is 19.4. The van der Waals surface area contributed by atoms with E-state index < -0.39 is 35.2 Å². The number of nitrogens with zero attached hydrogens (tertiary/aromatic N) is 2. The van der Waals surface area contributed by atoms with Gasteiger partial charge in [-0.25, -0.2) is 0 Å². The molecular weight excluding hydrogens is 355 g/mol. The normalized spacial score (nSPS) is 14.7. The molecule has 11 heteroatoms. The van der Waals surface area contributed by atoms with Gasteiger partial charge in [0.25, 0.3) is 0 Å². The van der Waals surface area contributed by atoms with Crippen molar-refractivity contribution >= 4 is 5.71 Å². The largest absolute Gasteiger partial charge is 0.460 e. The van der Waals surface area contributed by atoms with Crippen molar-refractivity contribution in [1.29, 1.82) is 0 Å². The molecule has 0 radical (unpaired) electrons. The molecule has 0 fully saturated rings. The molecule has 0 spiro atoms. The summed E-state index contributed by atoms with van der Waals surface area (Å²) in [6.45, 7) is 0. The zero-order chi connectivity index (χ0) is 19.0. The van der Waals surface area contributed by atoms with Gasteiger partial charge in [-0.1, -0.05) is 30.3 Å². The van der Waals surface area contributed by atoms with E-state index in [1.807, 2.05) is 0 Å². The Morgan fingerprint density at radius 1 is 0.792 bits per heavy atom. The van der Waals surface area contributed by atoms with Crippen LogP contribution in [0.4, 0.5) is 39.5 Å². The molecule has 0 heterocycles. The first-order valence-electron chi connectivity index (χ1n) is 6.18. The standard InChI is InChI=1S/C13H11F9N2/c1-24(2)23-9(8-6-4-3-5-7-8)10(14,15)11(16,17)12(18,19)13(20,21)22/h3-7H,1-2H3/b23-9+. The summed E-state index contributed by atoms with van der Waals surface area (Å²) < 4.78 is 118. The van der Waals surface area contributed by atoms with Gasteiger partial charge in [-0.3, -0.25) is 0 Å². The average Bonchev–Trinajstić information content (AvgIpc) is 2.43. The molecule has 0 saturated carbocycles. The monoisotopic (exact) mass is 366 g/mol. The van der Waals surface area contributed by atoms with E-state index in [4.69, 9.17) is 0 Å². The van der Waals surface area contributed by atoms with Gasteiger partial charge in [-0.2, -0.15) is 44.6 Å². The fraction of sp³-hybridized carbons (Fsp3) is 0.462. The van der Waals surface area contributed by atoms with Crippen LogP contribution in [0.1, 0.15) is 5.56 Å². The van der Waals surface area contributed by atoms with Crippen LogP contribution < -0.4 is 0 Å². The van der Waals surface area contributed by atoms with Crippen LogP contribution >= 0.6 is 0 Å². The summed E-state index contributed by atoms with van der Waals surface area (Å²) in [6.07, 6.45) is -6.88. The maximum Gasteiger partial charge on any atom is 0.460 e. The summed E-state index contributed by atoms with van der Waals surface area (Å²) in [7, 11) is 2.03. The lowest BCUT2D eigenvalue weighted by Crippen LogP contribution is -2.63. The summed E-state index contributed by atoms with van der Waals surface area (Å²) in [5.74, 6) is -19.6. The van der Waals surface area contributed by atoms with Crippen LogP contribution in [-0.4, -0.2) is 48.8 Å². The first-order chi connectivity index (χ1) is 10.7. The number of alkyl halides is 9. The van der Waals surface area contributed by atoms with E-state index in [1.54, 1.807) is 0 Å². The van der Waals surface area contributed by atoms with E-state index >= 15 is 0 Å². The second-order valence-electron chi connectivity index (χ2n) is 4.88. The Labute approximate surface area is 130 Å². The predicted molar refractivity (Wildman–Crippen MR) is 67.6 cm³/mol. The fourth-order valence-corrected chi connectivity index (χ4v) is 1.62. The molecule has 0 saturated heterocycles. The maximum atomic E-state index is 14.1. The Kier molecular flexibility index (Phi) is 5.17. The molecule has 136 valence electrons. The number of hydrogen-bond acceptors (Lipinski definition) is 2. The van der Waals surface area contributed by atoms with E-state index in [1.165, 1.54) is 6.07 Å². The highest BCUT2D eigenvalue weighted by molar-refractivity contribution is 6.06. The molecule has 0 aliphatic rings. The highest BCUT2D eigenvalue weighted by Gasteiger charge is 2.83. The topological polar surface area (TPSA) is 15.6 Å². The third-order valence-electron chi connectivity index (χ3n) is 2.79. The van der Waals surface area contributed by atoms with Crippen molar-refractivity contribution in [2.24, 2.45) is 5.10 Å². The van der Waals surface area contributed by atoms with E-state index in [9.17, 15) is 39.5 Å². The number of hydrazone groups is 1. The molecule has 0 aliphatic heterocycles. The smallest absolute Gasteiger partial charge is 0.303 e. The van der Waals surface area contributed by atoms with E-state index in [-0.39, 0.29) is 0 Å². The molecule has 0 bridgehead atoms. The summed E-state index contributed by atoms with van der Waals surface area (Å²) >= 11 is 0. The third kappa shape index (κ3) is 3.29. The van der Waals surface area contributed by atoms with Crippen LogP contribution in [0.2, 0.25) is 0 Å². The molecule has 0 amide bonds. The molecule has 0 unspecified atom stereocenters. The van der Waals surface area contributed by atoms with Gasteiger partial charge in [0.05, 0.1) is 0 Å². The lowest BCUT2D eigenvalue weighted by molar-refractivity contribution is -0.384. The second-order valence-corrected chi connectivity index (χ2v) is 4.88. The van der Waals surface area contributed by atoms with Gasteiger partial charge in [0.2, 0.25) is 0 Å². The minimum atomic E-state index is -6.97. The molecule has 1 aromatic rings. The van der Waals surface area contributed by atoms with Gasteiger partial charge in [0.1, 0.15) is 5.71 Å². The Hall–Kier alpha value is -1.94. The molecular formula is C13H11F9N2. The SMILES string of the molecule is CN(C)/N=C(\c1ccccc1)C(F)(F)C(F)(F)C(F)(F)C(F)(F)F. The van der Waals surface area contributed by atoms with Gasteiger partial charge in [-0.15, -0.1) is 0 Å². The van der Waals surface area contributed by atoms with E-state index in [0.29, 0.717) is 5.01 Å². The molecule has 0 atom stereocenters. The highest BCUT2D eigenvalue weighted by Crippen LogP contribution is 2.54. The number of halogens is 9. The summed E-state index contributed by atoms with van der Waals surface area (Å²) in [4.78, 5) is 0. The Bertz CT molecular complexity index is 591. The molecule has 0 N–H and O–H groups in total. The first kappa shape index (κ1) is 20.1. The minimum Gasteiger partial charge on any atom is -0.303 e. The molecule has 0 aliphatic carbocycles. The number of rotatable bonds is 5. The van der Waals surface area contributed by atoms with Gasteiger partial charge < -0.3 is 5.01 Å². The Morgan fingerprint density at radius 2 is 1.25 bits per heavy atom. The molecule has 1 rings (SSSR count). The molecule has 2 nitrogen and oxygen atoms in total. The fourth-order valence-electron chi connectivity index (χ4n) is 1.62. The van der Waals surface area contributed by atoms with Gasteiger partial charge in [-0.05, 0) is 0 Å². The van der Waals surface area contributed by atoms with Gasteiger partial charge >= 0.3 is 23.9 Å². The molecule has 1 aromatic carbocycles. The van der Waals surface area contributed by atoms with E-state index in [2.05, 4.69) is 5.10 Å². The number of hydrogen-bond donors (Lipinski definition) is 0. The van der Waals surface area contributed by atoms with Crippen molar-refractivity contribution in [2.45, 2.75) is 23.9 Å². The summed E-state index contributed by atoms with van der Waals surface area (Å²) in [5.41, 5.74) is -2.64. The second kappa shape index (κ2) is 6.17. The van der Waals surface area contributed by atoms with Crippen molar-refractivity contribution in [2.75, 3.05) is 14.1 Å². The summed E-state index contributed by atoms with van der Waals surface area (Å²) in [5, 5.41) is 3.58. The van der Waals surface area contributed by atoms with E-state index in [0.717, 1.165) is 38.4 Å². The maximum absolute atomic E-state index is 14.1. The zero-order valence-corrected chi connectivity index (χ0v) is 12.2. The molecule has 24 heavy (non-hydrogen) atoms. The van der Waals surface area contributed by atoms with Crippen LogP contribution in [0.15, 0.2) is 35.4 Å². The third-order valence-corrected chi connectivity index (χ3v) is 2.79. The van der Waals surface area contributed by atoms with Gasteiger partial charge in [0, 0.05) is 19.7 Å². The van der Waals surface area contributed by atoms with Crippen LogP contribution in [0.5, 0.6) is 0 Å².